The van der Waals surface area contributed by atoms with Gasteiger partial charge in [-0.3, -0.25) is 20.4 Å². The van der Waals surface area contributed by atoms with Crippen molar-refractivity contribution in [2.45, 2.75) is 0 Å². The van der Waals surface area contributed by atoms with Gasteiger partial charge >= 0.3 is 0 Å². The second-order valence-corrected chi connectivity index (χ2v) is 7.06. The van der Waals surface area contributed by atoms with Crippen LogP contribution in [0.1, 0.15) is 5.69 Å². The van der Waals surface area contributed by atoms with E-state index in [0.717, 1.165) is 12.3 Å². The number of aliphatic imine (C=N–C) groups is 2. The van der Waals surface area contributed by atoms with E-state index in [1.54, 1.807) is 0 Å². The van der Waals surface area contributed by atoms with Crippen LogP contribution in [0.25, 0.3) is 0 Å². The lowest BCUT2D eigenvalue weighted by atomic mass is 9.95. The lowest BCUT2D eigenvalue weighted by Crippen LogP contribution is -2.36. The molecule has 28 heavy (non-hydrogen) atoms. The third-order valence-electron chi connectivity index (χ3n) is 3.02. The van der Waals surface area contributed by atoms with Crippen molar-refractivity contribution in [1.29, 1.82) is 0 Å². The number of anilines is 1. The van der Waals surface area contributed by atoms with Crippen LogP contribution in [0.5, 0.6) is 0 Å². The fourth-order valence-corrected chi connectivity index (χ4v) is 2.34. The van der Waals surface area contributed by atoms with Gasteiger partial charge in [0, 0.05) is 6.54 Å². The molecule has 15 heteroatoms. The van der Waals surface area contributed by atoms with Crippen molar-refractivity contribution >= 4 is 46.6 Å². The van der Waals surface area contributed by atoms with Gasteiger partial charge in [-0.1, -0.05) is 5.46 Å². The first-order valence-electron chi connectivity index (χ1n) is 7.58. The first kappa shape index (κ1) is 21.1. The molecule has 0 aliphatic carbocycles. The SMILES string of the molecule is [B]c1cc(N=C(NO)c2nonc2NCCN=C(N)NS(C)(=O)=O)ccc1F. The van der Waals surface area contributed by atoms with Gasteiger partial charge in [-0.05, 0) is 28.5 Å². The molecular formula is C13H16BFN8O4S. The van der Waals surface area contributed by atoms with E-state index in [-0.39, 0.29) is 47.5 Å². The van der Waals surface area contributed by atoms with E-state index in [4.69, 9.17) is 13.6 Å². The van der Waals surface area contributed by atoms with E-state index in [0.29, 0.717) is 0 Å². The summed E-state index contributed by atoms with van der Waals surface area (Å²) < 4.78 is 41.9. The average Bonchev–Trinajstić information content (AvgIpc) is 3.06. The van der Waals surface area contributed by atoms with E-state index in [1.807, 2.05) is 10.2 Å². The molecule has 2 rings (SSSR count). The fraction of sp³-hybridized carbons (Fsp3) is 0.231. The first-order chi connectivity index (χ1) is 13.2. The number of aromatic nitrogens is 2. The van der Waals surface area contributed by atoms with E-state index in [1.165, 1.54) is 12.1 Å². The minimum Gasteiger partial charge on any atom is -0.369 e. The molecule has 0 aliphatic heterocycles. The van der Waals surface area contributed by atoms with Crippen molar-refractivity contribution in [3.8, 4) is 0 Å². The van der Waals surface area contributed by atoms with Crippen LogP contribution < -0.4 is 26.7 Å². The highest BCUT2D eigenvalue weighted by atomic mass is 32.2. The van der Waals surface area contributed by atoms with Gasteiger partial charge in [0.1, 0.15) is 13.7 Å². The topological polar surface area (TPSA) is 180 Å². The number of rotatable bonds is 7. The molecule has 2 radical (unpaired) electrons. The number of benzene rings is 1. The van der Waals surface area contributed by atoms with Crippen molar-refractivity contribution in [2.24, 2.45) is 15.7 Å². The summed E-state index contributed by atoms with van der Waals surface area (Å²) in [6, 6.07) is 3.73. The monoisotopic (exact) mass is 410 g/mol. The Kier molecular flexibility index (Phi) is 6.89. The Hall–Kier alpha value is -3.20. The van der Waals surface area contributed by atoms with Crippen LogP contribution in [0.2, 0.25) is 0 Å². The number of halogens is 1. The zero-order valence-corrected chi connectivity index (χ0v) is 15.4. The van der Waals surface area contributed by atoms with Crippen LogP contribution in [-0.2, 0) is 10.0 Å². The minimum absolute atomic E-state index is 0.0246. The number of amidine groups is 1. The number of nitrogens with two attached hydrogens (primary N) is 1. The third kappa shape index (κ3) is 6.20. The summed E-state index contributed by atoms with van der Waals surface area (Å²) in [5.74, 6) is -0.902. The van der Waals surface area contributed by atoms with Gasteiger partial charge in [-0.25, -0.2) is 22.4 Å². The summed E-state index contributed by atoms with van der Waals surface area (Å²) in [5.41, 5.74) is 7.42. The highest BCUT2D eigenvalue weighted by Crippen LogP contribution is 2.15. The smallest absolute Gasteiger partial charge is 0.232 e. The Morgan fingerprint density at radius 2 is 2.18 bits per heavy atom. The molecule has 0 saturated carbocycles. The lowest BCUT2D eigenvalue weighted by Gasteiger charge is -2.06. The van der Waals surface area contributed by atoms with Gasteiger partial charge in [0.2, 0.25) is 21.8 Å². The Balaban J connectivity index is 2.07. The molecule has 0 atom stereocenters. The molecule has 1 aromatic carbocycles. The maximum absolute atomic E-state index is 13.2. The molecule has 0 unspecified atom stereocenters. The van der Waals surface area contributed by atoms with E-state index >= 15 is 0 Å². The van der Waals surface area contributed by atoms with Crippen molar-refractivity contribution in [3.05, 3.63) is 29.7 Å². The van der Waals surface area contributed by atoms with Gasteiger partial charge in [-0.2, -0.15) is 0 Å². The number of nitrogens with one attached hydrogen (secondary N) is 3. The molecule has 6 N–H and O–H groups in total. The van der Waals surface area contributed by atoms with Crippen molar-refractivity contribution in [2.75, 3.05) is 24.7 Å². The van der Waals surface area contributed by atoms with Crippen LogP contribution in [0.15, 0.2) is 32.8 Å². The second kappa shape index (κ2) is 9.14. The fourth-order valence-electron chi connectivity index (χ4n) is 1.89. The Morgan fingerprint density at radius 1 is 1.43 bits per heavy atom. The van der Waals surface area contributed by atoms with Crippen LogP contribution in [-0.4, -0.2) is 62.9 Å². The molecule has 0 fully saturated rings. The molecular weight excluding hydrogens is 394 g/mol. The zero-order chi connectivity index (χ0) is 20.7. The van der Waals surface area contributed by atoms with Crippen molar-refractivity contribution in [1.82, 2.24) is 20.5 Å². The van der Waals surface area contributed by atoms with Gasteiger partial charge in [0.25, 0.3) is 0 Å². The molecule has 2 aromatic rings. The van der Waals surface area contributed by atoms with Gasteiger partial charge in [0.05, 0.1) is 18.5 Å². The number of guanidine groups is 1. The summed E-state index contributed by atoms with van der Waals surface area (Å²) in [5, 5.41) is 19.4. The second-order valence-electron chi connectivity index (χ2n) is 5.31. The van der Waals surface area contributed by atoms with Crippen LogP contribution in [0, 0.1) is 5.82 Å². The van der Waals surface area contributed by atoms with Crippen LogP contribution >= 0.6 is 0 Å². The Labute approximate surface area is 160 Å². The van der Waals surface area contributed by atoms with Crippen LogP contribution in [0.4, 0.5) is 15.9 Å². The van der Waals surface area contributed by atoms with Gasteiger partial charge in [-0.15, -0.1) is 0 Å². The predicted molar refractivity (Wildman–Crippen MR) is 100 cm³/mol. The van der Waals surface area contributed by atoms with Crippen molar-refractivity contribution < 1.29 is 22.6 Å². The molecule has 0 amide bonds. The number of nitrogens with zero attached hydrogens (tertiary/aromatic N) is 4. The molecule has 0 bridgehead atoms. The lowest BCUT2D eigenvalue weighted by molar-refractivity contribution is 0.234. The average molecular weight is 410 g/mol. The maximum atomic E-state index is 13.2. The zero-order valence-electron chi connectivity index (χ0n) is 14.5. The minimum atomic E-state index is -3.51. The molecule has 1 aromatic heterocycles. The standard InChI is InChI=1S/C13H16BFN8O4S/c1-28(25,26)23-13(16)18-5-4-17-11-10(21-27-22-11)12(20-24)19-7-2-3-9(15)8(14)6-7/h2-3,6,24H,4-5H2,1H3,(H,17,22)(H,19,20)(H3,16,18,23). The third-order valence-corrected chi connectivity index (χ3v) is 3.60. The first-order valence-corrected chi connectivity index (χ1v) is 9.47. The van der Waals surface area contributed by atoms with E-state index in [2.05, 4.69) is 30.2 Å². The maximum Gasteiger partial charge on any atom is 0.232 e. The quantitative estimate of drug-likeness (QED) is 0.117. The number of hydrogen-bond acceptors (Lipinski definition) is 9. The summed E-state index contributed by atoms with van der Waals surface area (Å²) in [7, 11) is 1.97. The molecule has 12 nitrogen and oxygen atoms in total. The van der Waals surface area contributed by atoms with Crippen LogP contribution in [0.3, 0.4) is 0 Å². The summed E-state index contributed by atoms with van der Waals surface area (Å²) >= 11 is 0. The predicted octanol–water partition coefficient (Wildman–Crippen LogP) is -1.66. The highest BCUT2D eigenvalue weighted by Gasteiger charge is 2.16. The van der Waals surface area contributed by atoms with E-state index < -0.39 is 15.8 Å². The number of sulfonamides is 1. The number of hydroxylamine groups is 1. The largest absolute Gasteiger partial charge is 0.369 e. The molecule has 0 spiro atoms. The Morgan fingerprint density at radius 3 is 2.82 bits per heavy atom. The van der Waals surface area contributed by atoms with E-state index in [9.17, 15) is 18.0 Å². The Bertz CT molecular complexity index is 994. The molecule has 0 saturated heterocycles. The molecule has 0 aliphatic rings. The normalized spacial score (nSPS) is 12.7. The molecule has 1 heterocycles. The van der Waals surface area contributed by atoms with Gasteiger partial charge < -0.3 is 11.1 Å². The highest BCUT2D eigenvalue weighted by molar-refractivity contribution is 7.89. The summed E-state index contributed by atoms with van der Waals surface area (Å²) in [6.45, 7) is 0.268. The number of hydrogen-bond donors (Lipinski definition) is 5. The molecule has 148 valence electrons. The summed E-state index contributed by atoms with van der Waals surface area (Å²) in [4.78, 5) is 7.87. The summed E-state index contributed by atoms with van der Waals surface area (Å²) in [6.07, 6.45) is 0.943. The van der Waals surface area contributed by atoms with Crippen molar-refractivity contribution in [3.63, 3.8) is 0 Å². The van der Waals surface area contributed by atoms with Gasteiger partial charge in [0.15, 0.2) is 11.5 Å².